The molecule has 3 nitrogen and oxygen atoms in total. The van der Waals surface area contributed by atoms with Gasteiger partial charge in [0.25, 0.3) is 5.91 Å². The van der Waals surface area contributed by atoms with Gasteiger partial charge in [-0.1, -0.05) is 24.3 Å². The number of carbonyl (C=O) groups excluding carboxylic acids is 1. The van der Waals surface area contributed by atoms with E-state index in [1.165, 1.54) is 0 Å². The summed E-state index contributed by atoms with van der Waals surface area (Å²) in [5.41, 5.74) is 0.411. The molecule has 0 aliphatic carbocycles. The first-order valence-electron chi connectivity index (χ1n) is 6.99. The molecule has 0 unspecified atom stereocenters. The number of hydrogen-bond acceptors (Lipinski definition) is 2. The lowest BCUT2D eigenvalue weighted by molar-refractivity contribution is 0.0655. The monoisotopic (exact) mass is 283 g/mol. The van der Waals surface area contributed by atoms with Crippen molar-refractivity contribution in [1.82, 2.24) is 4.90 Å². The topological polar surface area (TPSA) is 29.5 Å². The van der Waals surface area contributed by atoms with E-state index in [2.05, 4.69) is 0 Å². The van der Waals surface area contributed by atoms with Crippen LogP contribution in [-0.4, -0.2) is 23.4 Å². The standard InChI is InChI=1S/C18H21NO2/c1-18(2,3)19(4)17(20)14-9-8-12-16(13-14)21-15-10-6-5-7-11-15/h5-13H,1-4H3. The van der Waals surface area contributed by atoms with Crippen LogP contribution in [0.1, 0.15) is 31.1 Å². The van der Waals surface area contributed by atoms with Crippen LogP contribution >= 0.6 is 0 Å². The quantitative estimate of drug-likeness (QED) is 0.838. The molecule has 1 amide bonds. The van der Waals surface area contributed by atoms with Crippen molar-refractivity contribution in [3.63, 3.8) is 0 Å². The molecular formula is C18H21NO2. The van der Waals surface area contributed by atoms with Crippen molar-refractivity contribution < 1.29 is 9.53 Å². The number of benzene rings is 2. The summed E-state index contributed by atoms with van der Waals surface area (Å²) >= 11 is 0. The highest BCUT2D eigenvalue weighted by atomic mass is 16.5. The molecule has 3 heteroatoms. The molecule has 2 aromatic rings. The molecule has 0 aliphatic rings. The van der Waals surface area contributed by atoms with Gasteiger partial charge in [-0.2, -0.15) is 0 Å². The zero-order valence-corrected chi connectivity index (χ0v) is 13.0. The van der Waals surface area contributed by atoms with Crippen LogP contribution in [0.4, 0.5) is 0 Å². The number of para-hydroxylation sites is 1. The van der Waals surface area contributed by atoms with E-state index < -0.39 is 0 Å². The predicted octanol–water partition coefficient (Wildman–Crippen LogP) is 4.35. The summed E-state index contributed by atoms with van der Waals surface area (Å²) in [6, 6.07) is 16.8. The van der Waals surface area contributed by atoms with Gasteiger partial charge in [-0.25, -0.2) is 0 Å². The smallest absolute Gasteiger partial charge is 0.254 e. The predicted molar refractivity (Wildman–Crippen MR) is 84.8 cm³/mol. The minimum Gasteiger partial charge on any atom is -0.457 e. The second-order valence-corrected chi connectivity index (χ2v) is 5.98. The van der Waals surface area contributed by atoms with E-state index in [-0.39, 0.29) is 11.4 Å². The highest BCUT2D eigenvalue weighted by Crippen LogP contribution is 2.23. The minimum absolute atomic E-state index is 0.0130. The lowest BCUT2D eigenvalue weighted by Crippen LogP contribution is -2.42. The normalized spacial score (nSPS) is 11.0. The number of rotatable bonds is 3. The van der Waals surface area contributed by atoms with Crippen molar-refractivity contribution in [3.05, 3.63) is 60.2 Å². The Hall–Kier alpha value is -2.29. The van der Waals surface area contributed by atoms with Crippen molar-refractivity contribution in [2.24, 2.45) is 0 Å². The highest BCUT2D eigenvalue weighted by molar-refractivity contribution is 5.94. The summed E-state index contributed by atoms with van der Waals surface area (Å²) in [6.07, 6.45) is 0. The fraction of sp³-hybridized carbons (Fsp3) is 0.278. The zero-order chi connectivity index (χ0) is 15.5. The zero-order valence-electron chi connectivity index (χ0n) is 13.0. The van der Waals surface area contributed by atoms with Crippen LogP contribution in [0.2, 0.25) is 0 Å². The van der Waals surface area contributed by atoms with Gasteiger partial charge in [-0.3, -0.25) is 4.79 Å². The lowest BCUT2D eigenvalue weighted by Gasteiger charge is -2.32. The molecule has 110 valence electrons. The van der Waals surface area contributed by atoms with Crippen LogP contribution < -0.4 is 4.74 Å². The number of hydrogen-bond donors (Lipinski definition) is 0. The molecule has 0 spiro atoms. The second kappa shape index (κ2) is 6.00. The van der Waals surface area contributed by atoms with Gasteiger partial charge in [-0.15, -0.1) is 0 Å². The van der Waals surface area contributed by atoms with Crippen molar-refractivity contribution in [1.29, 1.82) is 0 Å². The average Bonchev–Trinajstić information content (AvgIpc) is 2.46. The molecule has 0 aliphatic heterocycles. The van der Waals surface area contributed by atoms with E-state index >= 15 is 0 Å². The largest absolute Gasteiger partial charge is 0.457 e. The Labute approximate surface area is 126 Å². The number of nitrogens with zero attached hydrogens (tertiary/aromatic N) is 1. The van der Waals surface area contributed by atoms with E-state index in [0.717, 1.165) is 5.75 Å². The summed E-state index contributed by atoms with van der Waals surface area (Å²) in [7, 11) is 1.81. The van der Waals surface area contributed by atoms with Crippen molar-refractivity contribution >= 4 is 5.91 Å². The van der Waals surface area contributed by atoms with Gasteiger partial charge in [0.15, 0.2) is 0 Å². The van der Waals surface area contributed by atoms with Crippen LogP contribution in [0.25, 0.3) is 0 Å². The Bertz CT molecular complexity index is 615. The Morgan fingerprint density at radius 3 is 2.19 bits per heavy atom. The summed E-state index contributed by atoms with van der Waals surface area (Å²) in [6.45, 7) is 6.03. The van der Waals surface area contributed by atoms with Crippen molar-refractivity contribution in [3.8, 4) is 11.5 Å². The summed E-state index contributed by atoms with van der Waals surface area (Å²) in [5, 5.41) is 0. The fourth-order valence-electron chi connectivity index (χ4n) is 1.82. The van der Waals surface area contributed by atoms with E-state index in [9.17, 15) is 4.79 Å². The van der Waals surface area contributed by atoms with Gasteiger partial charge in [0.2, 0.25) is 0 Å². The molecule has 0 bridgehead atoms. The maximum absolute atomic E-state index is 12.5. The van der Waals surface area contributed by atoms with Crippen LogP contribution in [-0.2, 0) is 0 Å². The first kappa shape index (κ1) is 15.1. The molecule has 0 aromatic heterocycles. The molecule has 0 N–H and O–H groups in total. The Kier molecular flexibility index (Phi) is 4.32. The molecule has 0 atom stereocenters. The average molecular weight is 283 g/mol. The first-order valence-corrected chi connectivity index (χ1v) is 6.99. The molecule has 0 fully saturated rings. The summed E-state index contributed by atoms with van der Waals surface area (Å²) in [5.74, 6) is 1.40. The lowest BCUT2D eigenvalue weighted by atomic mass is 10.1. The van der Waals surface area contributed by atoms with Gasteiger partial charge in [0, 0.05) is 18.2 Å². The first-order chi connectivity index (χ1) is 9.88. The van der Waals surface area contributed by atoms with E-state index in [4.69, 9.17) is 4.74 Å². The van der Waals surface area contributed by atoms with Gasteiger partial charge in [0.05, 0.1) is 0 Å². The maximum Gasteiger partial charge on any atom is 0.254 e. The third kappa shape index (κ3) is 3.85. The fourth-order valence-corrected chi connectivity index (χ4v) is 1.82. The molecule has 2 rings (SSSR count). The molecule has 2 aromatic carbocycles. The van der Waals surface area contributed by atoms with Gasteiger partial charge in [0.1, 0.15) is 11.5 Å². The number of carbonyl (C=O) groups is 1. The Balaban J connectivity index is 2.20. The Morgan fingerprint density at radius 1 is 0.952 bits per heavy atom. The highest BCUT2D eigenvalue weighted by Gasteiger charge is 2.23. The van der Waals surface area contributed by atoms with Crippen LogP contribution in [0, 0.1) is 0 Å². The SMILES string of the molecule is CN(C(=O)c1cccc(Oc2ccccc2)c1)C(C)(C)C. The third-order valence-corrected chi connectivity index (χ3v) is 3.37. The van der Waals surface area contributed by atoms with Gasteiger partial charge >= 0.3 is 0 Å². The van der Waals surface area contributed by atoms with E-state index in [0.29, 0.717) is 11.3 Å². The second-order valence-electron chi connectivity index (χ2n) is 5.98. The van der Waals surface area contributed by atoms with Gasteiger partial charge in [-0.05, 0) is 51.1 Å². The van der Waals surface area contributed by atoms with Crippen LogP contribution in [0.15, 0.2) is 54.6 Å². The third-order valence-electron chi connectivity index (χ3n) is 3.37. The van der Waals surface area contributed by atoms with E-state index in [1.54, 1.807) is 11.0 Å². The number of ether oxygens (including phenoxy) is 1. The molecule has 0 heterocycles. The molecule has 0 radical (unpaired) electrons. The molecule has 0 saturated heterocycles. The molecule has 0 saturated carbocycles. The molecule has 21 heavy (non-hydrogen) atoms. The summed E-state index contributed by atoms with van der Waals surface area (Å²) < 4.78 is 5.76. The van der Waals surface area contributed by atoms with Gasteiger partial charge < -0.3 is 9.64 Å². The van der Waals surface area contributed by atoms with E-state index in [1.807, 2.05) is 76.3 Å². The van der Waals surface area contributed by atoms with Crippen molar-refractivity contribution in [2.75, 3.05) is 7.05 Å². The van der Waals surface area contributed by atoms with Crippen LogP contribution in [0.3, 0.4) is 0 Å². The summed E-state index contributed by atoms with van der Waals surface area (Å²) in [4.78, 5) is 14.2. The van der Waals surface area contributed by atoms with Crippen LogP contribution in [0.5, 0.6) is 11.5 Å². The Morgan fingerprint density at radius 2 is 1.57 bits per heavy atom. The molecular weight excluding hydrogens is 262 g/mol. The number of amides is 1. The van der Waals surface area contributed by atoms with Crippen molar-refractivity contribution in [2.45, 2.75) is 26.3 Å². The maximum atomic E-state index is 12.5. The minimum atomic E-state index is -0.215.